The van der Waals surface area contributed by atoms with Crippen LogP contribution in [0.15, 0.2) is 48.5 Å². The molecule has 0 saturated carbocycles. The quantitative estimate of drug-likeness (QED) is 0.282. The number of benzene rings is 2. The average molecular weight is 556 g/mol. The van der Waals surface area contributed by atoms with Gasteiger partial charge in [0.1, 0.15) is 17.5 Å². The van der Waals surface area contributed by atoms with Crippen molar-refractivity contribution in [3.05, 3.63) is 70.2 Å². The van der Waals surface area contributed by atoms with Gasteiger partial charge in [0.05, 0.1) is 26.5 Å². The van der Waals surface area contributed by atoms with Crippen molar-refractivity contribution < 1.29 is 33.4 Å². The van der Waals surface area contributed by atoms with Gasteiger partial charge >= 0.3 is 5.97 Å². The van der Waals surface area contributed by atoms with E-state index < -0.39 is 36.3 Å². The van der Waals surface area contributed by atoms with Crippen LogP contribution in [0, 0.1) is 0 Å². The molecule has 0 aliphatic heterocycles. The number of methoxy groups -OCH3 is 2. The first-order valence-electron chi connectivity index (χ1n) is 11.8. The Balaban J connectivity index is 2.19. The number of nitrogens with two attached hydrogens (primary N) is 2. The number of amides is 3. The number of primary amides is 1. The summed E-state index contributed by atoms with van der Waals surface area (Å²) in [4.78, 5) is 52.8. The molecule has 206 valence electrons. The molecule has 1 heterocycles. The number of hydrogen-bond donors (Lipinski definition) is 3. The third-order valence-electron chi connectivity index (χ3n) is 5.61. The van der Waals surface area contributed by atoms with E-state index in [-0.39, 0.29) is 40.7 Å². The second-order valence-electron chi connectivity index (χ2n) is 8.06. The van der Waals surface area contributed by atoms with E-state index in [1.165, 1.54) is 19.1 Å². The molecule has 3 amide bonds. The highest BCUT2D eigenvalue weighted by molar-refractivity contribution is 7.09. The van der Waals surface area contributed by atoms with Gasteiger partial charge in [-0.2, -0.15) is 4.37 Å². The molecule has 1 atom stereocenters. The summed E-state index contributed by atoms with van der Waals surface area (Å²) in [6, 6.07) is 12.5. The summed E-state index contributed by atoms with van der Waals surface area (Å²) in [5, 5.41) is 2.54. The van der Waals surface area contributed by atoms with Crippen LogP contribution in [-0.2, 0) is 20.9 Å². The van der Waals surface area contributed by atoms with Crippen molar-refractivity contribution in [2.45, 2.75) is 19.5 Å². The lowest BCUT2D eigenvalue weighted by molar-refractivity contribution is -0.143. The minimum Gasteiger partial charge on any atom is -0.493 e. The first kappa shape index (κ1) is 28.9. The second-order valence-corrected chi connectivity index (χ2v) is 8.84. The summed E-state index contributed by atoms with van der Waals surface area (Å²) >= 11 is 0.689. The zero-order valence-corrected chi connectivity index (χ0v) is 22.4. The number of nitrogens with one attached hydrogen (secondary N) is 1. The van der Waals surface area contributed by atoms with Crippen molar-refractivity contribution >= 4 is 40.9 Å². The van der Waals surface area contributed by atoms with Crippen LogP contribution >= 0.6 is 11.5 Å². The van der Waals surface area contributed by atoms with Gasteiger partial charge in [-0.25, -0.2) is 0 Å². The minimum atomic E-state index is -1.34. The summed E-state index contributed by atoms with van der Waals surface area (Å²) in [5.74, 6) is -2.41. The van der Waals surface area contributed by atoms with Crippen LogP contribution in [-0.4, -0.2) is 60.3 Å². The van der Waals surface area contributed by atoms with E-state index >= 15 is 0 Å². The van der Waals surface area contributed by atoms with Crippen molar-refractivity contribution in [3.63, 3.8) is 0 Å². The lowest BCUT2D eigenvalue weighted by atomic mass is 10.0. The maximum absolute atomic E-state index is 14.0. The Morgan fingerprint density at radius 3 is 2.36 bits per heavy atom. The van der Waals surface area contributed by atoms with Crippen LogP contribution in [0.4, 0.5) is 5.69 Å². The molecule has 0 fully saturated rings. The number of hydrogen-bond acceptors (Lipinski definition) is 10. The highest BCUT2D eigenvalue weighted by Crippen LogP contribution is 2.39. The van der Waals surface area contributed by atoms with Crippen LogP contribution in [0.3, 0.4) is 0 Å². The fourth-order valence-corrected chi connectivity index (χ4v) is 4.63. The first-order chi connectivity index (χ1) is 18.7. The highest BCUT2D eigenvalue weighted by Gasteiger charge is 2.37. The molecule has 3 rings (SSSR count). The topological polar surface area (TPSA) is 176 Å². The Morgan fingerprint density at radius 1 is 1.05 bits per heavy atom. The van der Waals surface area contributed by atoms with Gasteiger partial charge in [0.2, 0.25) is 5.91 Å². The normalized spacial score (nSPS) is 11.3. The number of nitrogen functional groups attached to an aromatic ring is 1. The number of carbonyl (C=O) groups is 4. The molecule has 39 heavy (non-hydrogen) atoms. The number of ether oxygens (including phenoxy) is 3. The van der Waals surface area contributed by atoms with Gasteiger partial charge in [-0.1, -0.05) is 42.5 Å². The maximum Gasteiger partial charge on any atom is 0.325 e. The van der Waals surface area contributed by atoms with Gasteiger partial charge in [-0.05, 0) is 30.1 Å². The first-order valence-corrected chi connectivity index (χ1v) is 12.5. The van der Waals surface area contributed by atoms with Gasteiger partial charge in [0.15, 0.2) is 17.2 Å². The van der Waals surface area contributed by atoms with Gasteiger partial charge in [0.25, 0.3) is 11.8 Å². The Bertz CT molecular complexity index is 1350. The van der Waals surface area contributed by atoms with E-state index in [0.717, 1.165) is 0 Å². The SMILES string of the molecule is CCOC(=O)CNC(=O)[C@H](c1cccc(OC)c1OC)N(Cc1ccccc1)C(=O)c1snc(C(N)=O)c1N. The zero-order valence-electron chi connectivity index (χ0n) is 21.6. The predicted molar refractivity (Wildman–Crippen MR) is 143 cm³/mol. The molecule has 0 aliphatic rings. The third kappa shape index (κ3) is 6.62. The molecule has 0 saturated heterocycles. The Labute approximate surface area is 229 Å². The standard InChI is InChI=1S/C26H29N5O7S/c1-4-38-18(32)13-29-25(34)21(16-11-8-12-17(36-2)22(16)37-3)31(14-15-9-6-5-7-10-15)26(35)23-19(27)20(24(28)33)30-39-23/h5-12,21H,4,13-14,27H2,1-3H3,(H2,28,33)(H,29,34)/t21-/m0/s1. The summed E-state index contributed by atoms with van der Waals surface area (Å²) in [7, 11) is 2.84. The number of esters is 1. The van der Waals surface area contributed by atoms with Crippen molar-refractivity contribution in [2.75, 3.05) is 33.1 Å². The van der Waals surface area contributed by atoms with Crippen LogP contribution in [0.2, 0.25) is 0 Å². The maximum atomic E-state index is 14.0. The number of para-hydroxylation sites is 1. The molecular formula is C26H29N5O7S. The molecule has 5 N–H and O–H groups in total. The van der Waals surface area contributed by atoms with E-state index in [1.807, 2.05) is 6.07 Å². The van der Waals surface area contributed by atoms with Crippen molar-refractivity contribution in [1.82, 2.24) is 14.6 Å². The van der Waals surface area contributed by atoms with E-state index in [1.54, 1.807) is 49.4 Å². The fraction of sp³-hybridized carbons (Fsp3) is 0.269. The molecule has 0 spiro atoms. The number of aromatic nitrogens is 1. The van der Waals surface area contributed by atoms with Crippen molar-refractivity contribution in [3.8, 4) is 11.5 Å². The molecule has 3 aromatic rings. The predicted octanol–water partition coefficient (Wildman–Crippen LogP) is 1.90. The number of carbonyl (C=O) groups excluding carboxylic acids is 4. The molecule has 1 aromatic heterocycles. The van der Waals surface area contributed by atoms with Crippen LogP contribution < -0.4 is 26.3 Å². The summed E-state index contributed by atoms with van der Waals surface area (Å²) in [5.41, 5.74) is 12.0. The molecule has 0 unspecified atom stereocenters. The fourth-order valence-electron chi connectivity index (χ4n) is 3.87. The van der Waals surface area contributed by atoms with Gasteiger partial charge in [-0.15, -0.1) is 0 Å². The second kappa shape index (κ2) is 13.2. The lowest BCUT2D eigenvalue weighted by Gasteiger charge is -2.32. The molecule has 0 radical (unpaired) electrons. The molecule has 0 aliphatic carbocycles. The van der Waals surface area contributed by atoms with Crippen molar-refractivity contribution in [1.29, 1.82) is 0 Å². The van der Waals surface area contributed by atoms with Crippen LogP contribution in [0.25, 0.3) is 0 Å². The Hall–Kier alpha value is -4.65. The zero-order chi connectivity index (χ0) is 28.5. The van der Waals surface area contributed by atoms with Gasteiger partial charge < -0.3 is 35.9 Å². The van der Waals surface area contributed by atoms with Gasteiger partial charge in [-0.3, -0.25) is 19.2 Å². The average Bonchev–Trinajstić information content (AvgIpc) is 3.33. The van der Waals surface area contributed by atoms with Gasteiger partial charge in [0, 0.05) is 12.1 Å². The molecule has 12 nitrogen and oxygen atoms in total. The molecule has 2 aromatic carbocycles. The minimum absolute atomic E-state index is 0.0548. The van der Waals surface area contributed by atoms with E-state index in [2.05, 4.69) is 9.69 Å². The Kier molecular flexibility index (Phi) is 9.81. The summed E-state index contributed by atoms with van der Waals surface area (Å²) in [6.45, 7) is 1.29. The smallest absolute Gasteiger partial charge is 0.325 e. The van der Waals surface area contributed by atoms with E-state index in [9.17, 15) is 19.2 Å². The van der Waals surface area contributed by atoms with E-state index in [0.29, 0.717) is 22.8 Å². The largest absolute Gasteiger partial charge is 0.493 e. The molecule has 0 bridgehead atoms. The lowest BCUT2D eigenvalue weighted by Crippen LogP contribution is -2.45. The van der Waals surface area contributed by atoms with Crippen molar-refractivity contribution in [2.24, 2.45) is 5.73 Å². The summed E-state index contributed by atoms with van der Waals surface area (Å²) < 4.78 is 19.9. The van der Waals surface area contributed by atoms with Crippen LogP contribution in [0.5, 0.6) is 11.5 Å². The third-order valence-corrected chi connectivity index (χ3v) is 6.46. The number of rotatable bonds is 12. The molecular weight excluding hydrogens is 526 g/mol. The number of anilines is 1. The monoisotopic (exact) mass is 555 g/mol. The molecule has 13 heteroatoms. The summed E-state index contributed by atoms with van der Waals surface area (Å²) in [6.07, 6.45) is 0. The van der Waals surface area contributed by atoms with Crippen LogP contribution in [0.1, 0.15) is 44.3 Å². The number of nitrogens with zero attached hydrogens (tertiary/aromatic N) is 2. The Morgan fingerprint density at radius 2 is 1.77 bits per heavy atom. The van der Waals surface area contributed by atoms with E-state index in [4.69, 9.17) is 25.7 Å². The highest BCUT2D eigenvalue weighted by atomic mass is 32.1.